The normalized spacial score (nSPS) is 11.6. The van der Waals surface area contributed by atoms with E-state index in [0.29, 0.717) is 11.6 Å². The van der Waals surface area contributed by atoms with Crippen LogP contribution in [0.15, 0.2) is 36.4 Å². The minimum Gasteiger partial charge on any atom is -0.453 e. The van der Waals surface area contributed by atoms with Crippen molar-refractivity contribution in [3.8, 4) is 0 Å². The Labute approximate surface area is 172 Å². The van der Waals surface area contributed by atoms with Crippen LogP contribution in [-0.4, -0.2) is 23.8 Å². The zero-order valence-corrected chi connectivity index (χ0v) is 16.6. The smallest absolute Gasteiger partial charge is 0.307 e. The van der Waals surface area contributed by atoms with Crippen LogP contribution in [0.4, 0.5) is 18.9 Å². The lowest BCUT2D eigenvalue weighted by Crippen LogP contribution is -2.30. The van der Waals surface area contributed by atoms with Gasteiger partial charge < -0.3 is 10.1 Å². The SMILES string of the molecule is CCCc1ccc(C(=O)CCC(=O)O[C@H](C)C(=O)Nc2ccc(F)c(F)c2F)cc1. The minimum absolute atomic E-state index is 0.0991. The highest BCUT2D eigenvalue weighted by Gasteiger charge is 2.21. The molecule has 0 radical (unpaired) electrons. The number of halogens is 3. The number of benzene rings is 2. The molecule has 1 N–H and O–H groups in total. The van der Waals surface area contributed by atoms with Gasteiger partial charge in [-0.2, -0.15) is 0 Å². The number of Topliss-reactive ketones (excluding diaryl/α,β-unsaturated/α-hetero) is 1. The summed E-state index contributed by atoms with van der Waals surface area (Å²) < 4.78 is 44.7. The van der Waals surface area contributed by atoms with E-state index in [9.17, 15) is 27.6 Å². The summed E-state index contributed by atoms with van der Waals surface area (Å²) >= 11 is 0. The molecule has 0 aliphatic carbocycles. The van der Waals surface area contributed by atoms with Crippen LogP contribution in [0.25, 0.3) is 0 Å². The van der Waals surface area contributed by atoms with Gasteiger partial charge in [-0.05, 0) is 31.0 Å². The number of ether oxygens (including phenoxy) is 1. The largest absolute Gasteiger partial charge is 0.453 e. The van der Waals surface area contributed by atoms with Gasteiger partial charge in [0.25, 0.3) is 5.91 Å². The summed E-state index contributed by atoms with van der Waals surface area (Å²) in [6.07, 6.45) is 0.238. The zero-order chi connectivity index (χ0) is 22.3. The van der Waals surface area contributed by atoms with Crippen molar-refractivity contribution in [2.24, 2.45) is 0 Å². The second kappa shape index (κ2) is 10.6. The van der Waals surface area contributed by atoms with E-state index in [4.69, 9.17) is 4.74 Å². The van der Waals surface area contributed by atoms with Gasteiger partial charge >= 0.3 is 5.97 Å². The first-order chi connectivity index (χ1) is 14.2. The Morgan fingerprint density at radius 1 is 0.967 bits per heavy atom. The number of esters is 1. The van der Waals surface area contributed by atoms with Crippen molar-refractivity contribution in [3.63, 3.8) is 0 Å². The number of amides is 1. The molecule has 2 rings (SSSR count). The van der Waals surface area contributed by atoms with E-state index in [1.54, 1.807) is 12.1 Å². The summed E-state index contributed by atoms with van der Waals surface area (Å²) in [5.41, 5.74) is 1.01. The predicted octanol–water partition coefficient (Wildman–Crippen LogP) is 4.59. The van der Waals surface area contributed by atoms with E-state index in [1.165, 1.54) is 6.92 Å². The summed E-state index contributed by atoms with van der Waals surface area (Å²) in [6.45, 7) is 3.29. The second-order valence-electron chi connectivity index (χ2n) is 6.71. The molecule has 0 spiro atoms. The Bertz CT molecular complexity index is 929. The van der Waals surface area contributed by atoms with Crippen LogP contribution < -0.4 is 5.32 Å². The van der Waals surface area contributed by atoms with Gasteiger partial charge in [0.2, 0.25) is 0 Å². The number of hydrogen-bond donors (Lipinski definition) is 1. The lowest BCUT2D eigenvalue weighted by Gasteiger charge is -2.14. The van der Waals surface area contributed by atoms with E-state index in [-0.39, 0.29) is 18.6 Å². The molecule has 160 valence electrons. The molecule has 0 bridgehead atoms. The Kier molecular flexibility index (Phi) is 8.15. The maximum absolute atomic E-state index is 13.6. The second-order valence-corrected chi connectivity index (χ2v) is 6.71. The van der Waals surface area contributed by atoms with Crippen molar-refractivity contribution in [3.05, 3.63) is 65.0 Å². The Morgan fingerprint density at radius 3 is 2.27 bits per heavy atom. The fourth-order valence-corrected chi connectivity index (χ4v) is 2.67. The topological polar surface area (TPSA) is 72.5 Å². The molecule has 2 aromatic rings. The van der Waals surface area contributed by atoms with Crippen LogP contribution in [0.5, 0.6) is 0 Å². The molecule has 0 aliphatic rings. The average molecular weight is 421 g/mol. The van der Waals surface area contributed by atoms with Gasteiger partial charge in [-0.15, -0.1) is 0 Å². The third kappa shape index (κ3) is 6.17. The van der Waals surface area contributed by atoms with Gasteiger partial charge in [-0.25, -0.2) is 13.2 Å². The molecule has 1 atom stereocenters. The lowest BCUT2D eigenvalue weighted by molar-refractivity contribution is -0.153. The number of anilines is 1. The highest BCUT2D eigenvalue weighted by atomic mass is 19.2. The summed E-state index contributed by atoms with van der Waals surface area (Å²) in [5.74, 6) is -6.63. The first kappa shape index (κ1) is 23.1. The van der Waals surface area contributed by atoms with Crippen molar-refractivity contribution in [2.45, 2.75) is 45.6 Å². The fraction of sp³-hybridized carbons (Fsp3) is 0.318. The zero-order valence-electron chi connectivity index (χ0n) is 16.6. The third-order valence-electron chi connectivity index (χ3n) is 4.34. The molecule has 0 heterocycles. The molecular formula is C22H22F3NO4. The molecule has 5 nitrogen and oxygen atoms in total. The summed E-state index contributed by atoms with van der Waals surface area (Å²) in [7, 11) is 0. The molecule has 2 aromatic carbocycles. The van der Waals surface area contributed by atoms with Gasteiger partial charge in [0.05, 0.1) is 12.1 Å². The standard InChI is InChI=1S/C22H22F3NO4/c1-3-4-14-5-7-15(8-6-14)18(27)11-12-19(28)30-13(2)22(29)26-17-10-9-16(23)20(24)21(17)25/h5-10,13H,3-4,11-12H2,1-2H3,(H,26,29)/t13-/m1/s1. The molecule has 8 heteroatoms. The Morgan fingerprint density at radius 2 is 1.63 bits per heavy atom. The van der Waals surface area contributed by atoms with Gasteiger partial charge in [0.1, 0.15) is 0 Å². The average Bonchev–Trinajstić information content (AvgIpc) is 2.73. The van der Waals surface area contributed by atoms with Gasteiger partial charge in [-0.3, -0.25) is 14.4 Å². The number of hydrogen-bond acceptors (Lipinski definition) is 4. The number of carbonyl (C=O) groups excluding carboxylic acids is 3. The maximum atomic E-state index is 13.6. The third-order valence-corrected chi connectivity index (χ3v) is 4.34. The van der Waals surface area contributed by atoms with Crippen molar-refractivity contribution in [1.82, 2.24) is 0 Å². The van der Waals surface area contributed by atoms with Crippen LogP contribution in [0, 0.1) is 17.5 Å². The van der Waals surface area contributed by atoms with E-state index in [0.717, 1.165) is 24.5 Å². The van der Waals surface area contributed by atoms with Crippen molar-refractivity contribution in [2.75, 3.05) is 5.32 Å². The van der Waals surface area contributed by atoms with Crippen molar-refractivity contribution < 1.29 is 32.3 Å². The Hall–Kier alpha value is -3.16. The molecule has 0 aliphatic heterocycles. The van der Waals surface area contributed by atoms with Gasteiger partial charge in [-0.1, -0.05) is 37.6 Å². The van der Waals surface area contributed by atoms with E-state index in [1.807, 2.05) is 17.4 Å². The lowest BCUT2D eigenvalue weighted by atomic mass is 10.0. The van der Waals surface area contributed by atoms with Gasteiger partial charge in [0.15, 0.2) is 29.3 Å². The fourth-order valence-electron chi connectivity index (χ4n) is 2.67. The molecule has 0 fully saturated rings. The Balaban J connectivity index is 1.84. The first-order valence-corrected chi connectivity index (χ1v) is 9.48. The molecular weight excluding hydrogens is 399 g/mol. The number of carbonyl (C=O) groups is 3. The molecule has 30 heavy (non-hydrogen) atoms. The molecule has 0 saturated heterocycles. The van der Waals surface area contributed by atoms with Crippen molar-refractivity contribution in [1.29, 1.82) is 0 Å². The predicted molar refractivity (Wildman–Crippen MR) is 105 cm³/mol. The van der Waals surface area contributed by atoms with Gasteiger partial charge in [0, 0.05) is 12.0 Å². The van der Waals surface area contributed by atoms with Crippen LogP contribution >= 0.6 is 0 Å². The number of nitrogens with one attached hydrogen (secondary N) is 1. The highest BCUT2D eigenvalue weighted by Crippen LogP contribution is 2.20. The van der Waals surface area contributed by atoms with Crippen LogP contribution in [0.1, 0.15) is 49.0 Å². The number of rotatable bonds is 9. The molecule has 0 aromatic heterocycles. The number of ketones is 1. The van der Waals surface area contributed by atoms with E-state index >= 15 is 0 Å². The maximum Gasteiger partial charge on any atom is 0.307 e. The first-order valence-electron chi connectivity index (χ1n) is 9.48. The minimum atomic E-state index is -1.72. The summed E-state index contributed by atoms with van der Waals surface area (Å²) in [6, 6.07) is 8.63. The molecule has 1 amide bonds. The monoisotopic (exact) mass is 421 g/mol. The summed E-state index contributed by atoms with van der Waals surface area (Å²) in [5, 5.41) is 2.02. The van der Waals surface area contributed by atoms with Crippen LogP contribution in [-0.2, 0) is 20.7 Å². The van der Waals surface area contributed by atoms with E-state index < -0.39 is 41.1 Å². The van der Waals surface area contributed by atoms with E-state index in [2.05, 4.69) is 6.92 Å². The quantitative estimate of drug-likeness (QED) is 0.365. The summed E-state index contributed by atoms with van der Waals surface area (Å²) in [4.78, 5) is 36.1. The van der Waals surface area contributed by atoms with Crippen LogP contribution in [0.3, 0.4) is 0 Å². The van der Waals surface area contributed by atoms with Crippen molar-refractivity contribution >= 4 is 23.3 Å². The van der Waals surface area contributed by atoms with Crippen LogP contribution in [0.2, 0.25) is 0 Å². The highest BCUT2D eigenvalue weighted by molar-refractivity contribution is 5.98. The molecule has 0 saturated carbocycles. The number of aryl methyl sites for hydroxylation is 1. The molecule has 0 unspecified atom stereocenters.